The van der Waals surface area contributed by atoms with Crippen LogP contribution in [0.15, 0.2) is 18.2 Å². The first-order valence-corrected chi connectivity index (χ1v) is 15.6. The molecule has 0 bridgehead atoms. The molecule has 4 rings (SSSR count). The minimum atomic E-state index is -6.86. The maximum absolute atomic E-state index is 15.8. The first kappa shape index (κ1) is 35.8. The SMILES string of the molecule is CN(CCCCC[C@@H]1Cc2cc(O)ccc2[C@@H]2[C@@H]1[C@@H]1CCC(=O)[C@@]1(C)C[C@@H]2F)CCCCC(F)(F)C(F)(F)C(F)(F)C(F)(F)F. The lowest BCUT2D eigenvalue weighted by molar-refractivity contribution is -0.396. The highest BCUT2D eigenvalue weighted by atomic mass is 19.4. The van der Waals surface area contributed by atoms with Crippen molar-refractivity contribution in [3.8, 4) is 5.75 Å². The van der Waals surface area contributed by atoms with Crippen molar-refractivity contribution >= 4 is 5.78 Å². The fourth-order valence-corrected chi connectivity index (χ4v) is 8.20. The van der Waals surface area contributed by atoms with Crippen molar-refractivity contribution in [1.82, 2.24) is 4.90 Å². The lowest BCUT2D eigenvalue weighted by Gasteiger charge is -2.53. The number of carbonyl (C=O) groups excluding carboxylic acids is 1. The van der Waals surface area contributed by atoms with Crippen molar-refractivity contribution in [2.24, 2.45) is 23.2 Å². The Bertz CT molecular complexity index is 1200. The molecule has 45 heavy (non-hydrogen) atoms. The molecule has 0 saturated heterocycles. The van der Waals surface area contributed by atoms with E-state index >= 15 is 4.39 Å². The number of hydrogen-bond acceptors (Lipinski definition) is 3. The summed E-state index contributed by atoms with van der Waals surface area (Å²) in [5, 5.41) is 10.1. The Labute approximate surface area is 256 Å². The molecule has 13 heteroatoms. The van der Waals surface area contributed by atoms with Crippen molar-refractivity contribution in [3.05, 3.63) is 29.3 Å². The van der Waals surface area contributed by atoms with Gasteiger partial charge in [-0.15, -0.1) is 0 Å². The molecule has 2 saturated carbocycles. The monoisotopic (exact) mass is 661 g/mol. The van der Waals surface area contributed by atoms with Gasteiger partial charge in [-0.1, -0.05) is 25.8 Å². The second-order valence-electron chi connectivity index (χ2n) is 13.6. The summed E-state index contributed by atoms with van der Waals surface area (Å²) in [6, 6.07) is 5.10. The van der Waals surface area contributed by atoms with Gasteiger partial charge in [-0.05, 0) is 106 Å². The second kappa shape index (κ2) is 12.9. The molecule has 1 aromatic carbocycles. The fourth-order valence-electron chi connectivity index (χ4n) is 8.20. The van der Waals surface area contributed by atoms with Crippen LogP contribution in [0.1, 0.15) is 88.2 Å². The van der Waals surface area contributed by atoms with Crippen LogP contribution < -0.4 is 0 Å². The van der Waals surface area contributed by atoms with Gasteiger partial charge in [-0.25, -0.2) is 4.39 Å². The highest BCUT2D eigenvalue weighted by Crippen LogP contribution is 2.62. The van der Waals surface area contributed by atoms with Crippen LogP contribution in [0.2, 0.25) is 0 Å². The van der Waals surface area contributed by atoms with E-state index in [1.54, 1.807) is 24.1 Å². The summed E-state index contributed by atoms with van der Waals surface area (Å²) < 4.78 is 133. The molecule has 6 atom stereocenters. The number of rotatable bonds is 13. The normalized spacial score (nSPS) is 29.1. The van der Waals surface area contributed by atoms with Gasteiger partial charge in [0.15, 0.2) is 0 Å². The van der Waals surface area contributed by atoms with E-state index in [1.807, 2.05) is 13.0 Å². The standard InChI is InChI=1S/C32H41F10NO2/c1-28-18-24(33)27-22-10-9-21(44)17-20(22)16-19(26(27)23(28)11-12-25(28)45)8-4-3-6-14-43(2)15-7-5-13-29(34,35)30(36,37)31(38,39)32(40,41)42/h9-10,17,19,23-24,26-27,44H,3-8,11-16,18H2,1-2H3/t19-,23+,24+,26+,27+,28+/m1/s1. The number of phenolic OH excluding ortho intramolecular Hbond substituents is 1. The summed E-state index contributed by atoms with van der Waals surface area (Å²) in [7, 11) is 1.67. The molecule has 3 nitrogen and oxygen atoms in total. The molecule has 0 spiro atoms. The summed E-state index contributed by atoms with van der Waals surface area (Å²) in [5.74, 6) is -18.8. The van der Waals surface area contributed by atoms with E-state index in [4.69, 9.17) is 0 Å². The van der Waals surface area contributed by atoms with Crippen LogP contribution >= 0.6 is 0 Å². The quantitative estimate of drug-likeness (QED) is 0.169. The Balaban J connectivity index is 1.26. The average molecular weight is 662 g/mol. The van der Waals surface area contributed by atoms with Crippen molar-refractivity contribution in [2.75, 3.05) is 20.1 Å². The zero-order valence-electron chi connectivity index (χ0n) is 25.4. The second-order valence-corrected chi connectivity index (χ2v) is 13.6. The molecule has 0 aromatic heterocycles. The topological polar surface area (TPSA) is 40.5 Å². The summed E-state index contributed by atoms with van der Waals surface area (Å²) in [4.78, 5) is 14.6. The Morgan fingerprint density at radius 3 is 2.22 bits per heavy atom. The number of benzene rings is 1. The van der Waals surface area contributed by atoms with Crippen molar-refractivity contribution in [2.45, 2.75) is 114 Å². The van der Waals surface area contributed by atoms with Crippen molar-refractivity contribution in [3.63, 3.8) is 0 Å². The molecule has 256 valence electrons. The molecule has 3 aliphatic rings. The molecular weight excluding hydrogens is 620 g/mol. The summed E-state index contributed by atoms with van der Waals surface area (Å²) in [5.41, 5.74) is 1.18. The minimum absolute atomic E-state index is 0.00602. The van der Waals surface area contributed by atoms with Crippen LogP contribution in [0.25, 0.3) is 0 Å². The number of fused-ring (bicyclic) bond motifs is 5. The van der Waals surface area contributed by atoms with E-state index in [0.717, 1.165) is 36.8 Å². The molecule has 0 heterocycles. The molecule has 0 amide bonds. The third-order valence-corrected chi connectivity index (χ3v) is 10.6. The Morgan fingerprint density at radius 2 is 1.58 bits per heavy atom. The molecule has 0 radical (unpaired) electrons. The van der Waals surface area contributed by atoms with Gasteiger partial charge in [0.2, 0.25) is 0 Å². The smallest absolute Gasteiger partial charge is 0.460 e. The zero-order valence-corrected chi connectivity index (χ0v) is 25.4. The highest BCUT2D eigenvalue weighted by Gasteiger charge is 2.81. The number of unbranched alkanes of at least 4 members (excludes halogenated alkanes) is 3. The number of Topliss-reactive ketones (excluding diaryl/α,β-unsaturated/α-hetero) is 1. The van der Waals surface area contributed by atoms with E-state index < -0.39 is 48.4 Å². The minimum Gasteiger partial charge on any atom is -0.508 e. The summed E-state index contributed by atoms with van der Waals surface area (Å²) in [6.45, 7) is 2.59. The van der Waals surface area contributed by atoms with E-state index in [-0.39, 0.29) is 54.6 Å². The number of hydrogen-bond donors (Lipinski definition) is 1. The van der Waals surface area contributed by atoms with Crippen LogP contribution in [0.5, 0.6) is 5.75 Å². The lowest BCUT2D eigenvalue weighted by atomic mass is 9.51. The number of nitrogens with zero attached hydrogens (tertiary/aromatic N) is 1. The number of alkyl halides is 10. The Kier molecular flexibility index (Phi) is 10.2. The number of halogens is 10. The Hall–Kier alpha value is -2.05. The van der Waals surface area contributed by atoms with Crippen LogP contribution in [-0.2, 0) is 11.2 Å². The van der Waals surface area contributed by atoms with E-state index in [0.29, 0.717) is 25.8 Å². The van der Waals surface area contributed by atoms with Gasteiger partial charge in [-0.2, -0.15) is 39.5 Å². The van der Waals surface area contributed by atoms with E-state index in [1.165, 1.54) is 0 Å². The first-order valence-electron chi connectivity index (χ1n) is 15.6. The maximum Gasteiger partial charge on any atom is 0.460 e. The molecular formula is C32H41F10NO2. The van der Waals surface area contributed by atoms with E-state index in [2.05, 4.69) is 0 Å². The number of carbonyl (C=O) groups is 1. The van der Waals surface area contributed by atoms with E-state index in [9.17, 15) is 49.4 Å². The third kappa shape index (κ3) is 6.70. The average Bonchev–Trinajstić information content (AvgIpc) is 3.22. The maximum atomic E-state index is 15.8. The molecule has 1 aromatic rings. The number of phenols is 1. The first-order chi connectivity index (χ1) is 20.7. The van der Waals surface area contributed by atoms with Crippen LogP contribution in [0.3, 0.4) is 0 Å². The van der Waals surface area contributed by atoms with Gasteiger partial charge in [0.05, 0.1) is 0 Å². The largest absolute Gasteiger partial charge is 0.508 e. The predicted molar refractivity (Wildman–Crippen MR) is 148 cm³/mol. The number of ketones is 1. The third-order valence-electron chi connectivity index (χ3n) is 10.6. The Morgan fingerprint density at radius 1 is 0.933 bits per heavy atom. The van der Waals surface area contributed by atoms with Gasteiger partial charge in [0.1, 0.15) is 17.7 Å². The van der Waals surface area contributed by atoms with Crippen molar-refractivity contribution < 1.29 is 53.8 Å². The highest BCUT2D eigenvalue weighted by molar-refractivity contribution is 5.87. The molecule has 0 unspecified atom stereocenters. The van der Waals surface area contributed by atoms with Gasteiger partial charge < -0.3 is 10.0 Å². The number of aromatic hydroxyl groups is 1. The molecule has 3 aliphatic carbocycles. The zero-order chi connectivity index (χ0) is 33.6. The molecule has 0 aliphatic heterocycles. The van der Waals surface area contributed by atoms with Crippen LogP contribution in [-0.4, -0.2) is 66.0 Å². The fraction of sp³-hybridized carbons (Fsp3) is 0.781. The molecule has 1 N–H and O–H groups in total. The van der Waals surface area contributed by atoms with Gasteiger partial charge in [0, 0.05) is 24.2 Å². The summed E-state index contributed by atoms with van der Waals surface area (Å²) >= 11 is 0. The van der Waals surface area contributed by atoms with Crippen molar-refractivity contribution in [1.29, 1.82) is 0 Å². The predicted octanol–water partition coefficient (Wildman–Crippen LogP) is 9.12. The van der Waals surface area contributed by atoms with Gasteiger partial charge in [-0.3, -0.25) is 4.79 Å². The van der Waals surface area contributed by atoms with Crippen LogP contribution in [0, 0.1) is 23.2 Å². The molecule has 2 fully saturated rings. The van der Waals surface area contributed by atoms with Gasteiger partial charge >= 0.3 is 23.9 Å². The van der Waals surface area contributed by atoms with Gasteiger partial charge in [0.25, 0.3) is 0 Å². The van der Waals surface area contributed by atoms with Crippen LogP contribution in [0.4, 0.5) is 43.9 Å². The lowest BCUT2D eigenvalue weighted by Crippen LogP contribution is -2.60. The summed E-state index contributed by atoms with van der Waals surface area (Å²) in [6.07, 6.45) is -5.39.